The van der Waals surface area contributed by atoms with Crippen LogP contribution < -0.4 is 10.1 Å². The number of likely N-dealkylation sites (tertiary alicyclic amines) is 1. The summed E-state index contributed by atoms with van der Waals surface area (Å²) >= 11 is 0. The second kappa shape index (κ2) is 11.4. The number of amides is 1. The molecule has 0 bridgehead atoms. The Labute approximate surface area is 190 Å². The van der Waals surface area contributed by atoms with Gasteiger partial charge in [0.2, 0.25) is 5.91 Å². The summed E-state index contributed by atoms with van der Waals surface area (Å²) in [6, 6.07) is 12.7. The molecular weight excluding hydrogens is 404 g/mol. The van der Waals surface area contributed by atoms with Crippen molar-refractivity contribution in [2.45, 2.75) is 37.9 Å². The van der Waals surface area contributed by atoms with Gasteiger partial charge in [0.15, 0.2) is 0 Å². The molecule has 1 aromatic carbocycles. The summed E-state index contributed by atoms with van der Waals surface area (Å²) < 4.78 is 10.9. The van der Waals surface area contributed by atoms with E-state index in [1.807, 2.05) is 24.5 Å². The van der Waals surface area contributed by atoms with Crippen molar-refractivity contribution in [1.29, 1.82) is 0 Å². The first kappa shape index (κ1) is 22.7. The zero-order valence-electron chi connectivity index (χ0n) is 18.9. The topological polar surface area (TPSA) is 66.9 Å². The zero-order valence-corrected chi connectivity index (χ0v) is 18.9. The number of carbonyl (C=O) groups excluding carboxylic acids is 1. The second-order valence-electron chi connectivity index (χ2n) is 8.50. The Morgan fingerprint density at radius 1 is 1.22 bits per heavy atom. The lowest BCUT2D eigenvalue weighted by Crippen LogP contribution is -2.46. The third-order valence-electron chi connectivity index (χ3n) is 6.52. The van der Waals surface area contributed by atoms with E-state index in [0.717, 1.165) is 64.5 Å². The SMILES string of the molecule is COc1cccc(CNCC[C@H]2CCC(=O)N2C[C@H](c2ccncc2)N2CCOCC2)c1. The van der Waals surface area contributed by atoms with Crippen LogP contribution in [0.25, 0.3) is 0 Å². The maximum absolute atomic E-state index is 12.8. The predicted molar refractivity (Wildman–Crippen MR) is 123 cm³/mol. The van der Waals surface area contributed by atoms with Gasteiger partial charge in [-0.1, -0.05) is 12.1 Å². The molecule has 7 heteroatoms. The van der Waals surface area contributed by atoms with Gasteiger partial charge in [0.25, 0.3) is 0 Å². The fourth-order valence-corrected chi connectivity index (χ4v) is 4.72. The number of hydrogen-bond donors (Lipinski definition) is 1. The van der Waals surface area contributed by atoms with E-state index in [2.05, 4.69) is 44.4 Å². The van der Waals surface area contributed by atoms with Crippen LogP contribution in [-0.4, -0.2) is 73.2 Å². The average molecular weight is 439 g/mol. The van der Waals surface area contributed by atoms with E-state index >= 15 is 0 Å². The van der Waals surface area contributed by atoms with Gasteiger partial charge in [-0.25, -0.2) is 0 Å². The molecule has 0 spiro atoms. The molecule has 2 aliphatic rings. The molecule has 0 aliphatic carbocycles. The minimum absolute atomic E-state index is 0.177. The lowest BCUT2D eigenvalue weighted by molar-refractivity contribution is -0.130. The molecule has 2 saturated heterocycles. The van der Waals surface area contributed by atoms with Crippen molar-refractivity contribution >= 4 is 5.91 Å². The molecule has 0 unspecified atom stereocenters. The molecule has 2 aliphatic heterocycles. The van der Waals surface area contributed by atoms with Crippen molar-refractivity contribution in [3.63, 3.8) is 0 Å². The standard InChI is InChI=1S/C25H34N4O3/c1-31-23-4-2-3-20(17-23)18-27-12-9-22-5-6-25(30)29(22)19-24(21-7-10-26-11-8-21)28-13-15-32-16-14-28/h2-4,7-8,10-11,17,22,24,27H,5-6,9,12-16,18-19H2,1H3/t22-,24-/m1/s1. The normalized spacial score (nSPS) is 20.5. The maximum Gasteiger partial charge on any atom is 0.222 e. The van der Waals surface area contributed by atoms with Crippen molar-refractivity contribution in [3.05, 3.63) is 59.9 Å². The molecule has 172 valence electrons. The van der Waals surface area contributed by atoms with Gasteiger partial charge in [-0.2, -0.15) is 0 Å². The number of morpholine rings is 1. The Morgan fingerprint density at radius 2 is 2.03 bits per heavy atom. The van der Waals surface area contributed by atoms with E-state index in [1.54, 1.807) is 7.11 Å². The van der Waals surface area contributed by atoms with Crippen molar-refractivity contribution < 1.29 is 14.3 Å². The second-order valence-corrected chi connectivity index (χ2v) is 8.50. The average Bonchev–Trinajstić information content (AvgIpc) is 3.20. The van der Waals surface area contributed by atoms with Gasteiger partial charge in [0.05, 0.1) is 26.4 Å². The number of hydrogen-bond acceptors (Lipinski definition) is 6. The van der Waals surface area contributed by atoms with Crippen LogP contribution in [-0.2, 0) is 16.1 Å². The number of methoxy groups -OCH3 is 1. The molecule has 0 saturated carbocycles. The van der Waals surface area contributed by atoms with Gasteiger partial charge >= 0.3 is 0 Å². The molecule has 4 rings (SSSR count). The summed E-state index contributed by atoms with van der Waals surface area (Å²) in [6.45, 7) is 5.67. The number of rotatable bonds is 10. The molecule has 1 aromatic heterocycles. The Bertz CT molecular complexity index is 857. The van der Waals surface area contributed by atoms with E-state index in [1.165, 1.54) is 11.1 Å². The van der Waals surface area contributed by atoms with Crippen LogP contribution in [0.5, 0.6) is 5.75 Å². The Kier molecular flexibility index (Phi) is 8.09. The van der Waals surface area contributed by atoms with Gasteiger partial charge in [-0.15, -0.1) is 0 Å². The highest BCUT2D eigenvalue weighted by molar-refractivity contribution is 5.78. The van der Waals surface area contributed by atoms with E-state index in [-0.39, 0.29) is 18.0 Å². The van der Waals surface area contributed by atoms with Crippen LogP contribution in [0.15, 0.2) is 48.8 Å². The van der Waals surface area contributed by atoms with E-state index in [4.69, 9.17) is 9.47 Å². The predicted octanol–water partition coefficient (Wildman–Crippen LogP) is 2.63. The fraction of sp³-hybridized carbons (Fsp3) is 0.520. The monoisotopic (exact) mass is 438 g/mol. The Hall–Kier alpha value is -2.48. The highest BCUT2D eigenvalue weighted by Crippen LogP contribution is 2.28. The highest BCUT2D eigenvalue weighted by atomic mass is 16.5. The summed E-state index contributed by atoms with van der Waals surface area (Å²) in [5.74, 6) is 1.15. The molecule has 2 aromatic rings. The molecule has 32 heavy (non-hydrogen) atoms. The van der Waals surface area contributed by atoms with Gasteiger partial charge in [-0.05, 0) is 54.8 Å². The molecule has 2 atom stereocenters. The van der Waals surface area contributed by atoms with E-state index in [9.17, 15) is 4.79 Å². The smallest absolute Gasteiger partial charge is 0.222 e. The third-order valence-corrected chi connectivity index (χ3v) is 6.52. The van der Waals surface area contributed by atoms with Gasteiger partial charge < -0.3 is 19.7 Å². The number of carbonyl (C=O) groups is 1. The first-order chi connectivity index (χ1) is 15.7. The Balaban J connectivity index is 1.35. The van der Waals surface area contributed by atoms with Crippen LogP contribution in [0.3, 0.4) is 0 Å². The minimum atomic E-state index is 0.177. The van der Waals surface area contributed by atoms with Gasteiger partial charge in [0, 0.05) is 51.0 Å². The number of benzene rings is 1. The highest BCUT2D eigenvalue weighted by Gasteiger charge is 2.34. The first-order valence-electron chi connectivity index (χ1n) is 11.6. The maximum atomic E-state index is 12.8. The molecule has 3 heterocycles. The van der Waals surface area contributed by atoms with Crippen LogP contribution in [0.1, 0.15) is 36.4 Å². The third kappa shape index (κ3) is 5.85. The number of aromatic nitrogens is 1. The van der Waals surface area contributed by atoms with Crippen LogP contribution >= 0.6 is 0 Å². The molecular formula is C25H34N4O3. The minimum Gasteiger partial charge on any atom is -0.497 e. The number of ether oxygens (including phenoxy) is 2. The Morgan fingerprint density at radius 3 is 2.81 bits per heavy atom. The van der Waals surface area contributed by atoms with Crippen LogP contribution in [0.2, 0.25) is 0 Å². The van der Waals surface area contributed by atoms with Crippen LogP contribution in [0, 0.1) is 0 Å². The lowest BCUT2D eigenvalue weighted by atomic mass is 10.0. The van der Waals surface area contributed by atoms with Gasteiger partial charge in [0.1, 0.15) is 5.75 Å². The summed E-state index contributed by atoms with van der Waals surface area (Å²) in [7, 11) is 1.69. The molecule has 1 amide bonds. The summed E-state index contributed by atoms with van der Waals surface area (Å²) in [4.78, 5) is 21.5. The molecule has 0 radical (unpaired) electrons. The van der Waals surface area contributed by atoms with Crippen LogP contribution in [0.4, 0.5) is 0 Å². The van der Waals surface area contributed by atoms with Crippen molar-refractivity contribution in [1.82, 2.24) is 20.1 Å². The molecule has 7 nitrogen and oxygen atoms in total. The van der Waals surface area contributed by atoms with E-state index in [0.29, 0.717) is 6.42 Å². The van der Waals surface area contributed by atoms with Crippen molar-refractivity contribution in [3.8, 4) is 5.75 Å². The summed E-state index contributed by atoms with van der Waals surface area (Å²) in [5.41, 5.74) is 2.42. The first-order valence-corrected chi connectivity index (χ1v) is 11.6. The van der Waals surface area contributed by atoms with Gasteiger partial charge in [-0.3, -0.25) is 14.7 Å². The zero-order chi connectivity index (χ0) is 22.2. The largest absolute Gasteiger partial charge is 0.497 e. The van der Waals surface area contributed by atoms with Crippen molar-refractivity contribution in [2.24, 2.45) is 0 Å². The quantitative estimate of drug-likeness (QED) is 0.576. The number of nitrogens with zero attached hydrogens (tertiary/aromatic N) is 3. The summed E-state index contributed by atoms with van der Waals surface area (Å²) in [5, 5.41) is 3.53. The lowest BCUT2D eigenvalue weighted by Gasteiger charge is -2.38. The number of pyridine rings is 1. The van der Waals surface area contributed by atoms with E-state index < -0.39 is 0 Å². The van der Waals surface area contributed by atoms with Crippen molar-refractivity contribution in [2.75, 3.05) is 46.5 Å². The molecule has 1 N–H and O–H groups in total. The number of nitrogens with one attached hydrogen (secondary N) is 1. The molecule has 2 fully saturated rings. The summed E-state index contributed by atoms with van der Waals surface area (Å²) in [6.07, 6.45) is 6.23. The fourth-order valence-electron chi connectivity index (χ4n) is 4.72.